The van der Waals surface area contributed by atoms with Gasteiger partial charge < -0.3 is 14.5 Å². The number of H-pyrrole nitrogens is 1. The summed E-state index contributed by atoms with van der Waals surface area (Å²) < 4.78 is 3.00. The Hall–Kier alpha value is -1.13. The molecule has 0 saturated heterocycles. The second kappa shape index (κ2) is 5.67. The third-order valence-electron chi connectivity index (χ3n) is 3.70. The van der Waals surface area contributed by atoms with Gasteiger partial charge in [-0.05, 0) is 44.7 Å². The second-order valence-electron chi connectivity index (χ2n) is 4.84. The molecule has 0 fully saturated rings. The van der Waals surface area contributed by atoms with Crippen molar-refractivity contribution in [2.45, 2.75) is 32.9 Å². The van der Waals surface area contributed by atoms with E-state index in [1.54, 1.807) is 0 Å². The zero-order valence-electron chi connectivity index (χ0n) is 11.3. The van der Waals surface area contributed by atoms with Crippen LogP contribution < -0.4 is 0 Å². The molecule has 0 aliphatic carbocycles. The van der Waals surface area contributed by atoms with Crippen LogP contribution in [0.1, 0.15) is 20.3 Å². The highest BCUT2D eigenvalue weighted by Crippen LogP contribution is 2.13. The lowest BCUT2D eigenvalue weighted by Crippen LogP contribution is -2.31. The number of imidazole rings is 1. The Morgan fingerprint density at radius 3 is 2.83 bits per heavy atom. The Labute approximate surface area is 113 Å². The fraction of sp³-hybridized carbons (Fsp3) is 0.500. The molecule has 2 aromatic rings. The highest BCUT2D eigenvalue weighted by Gasteiger charge is 2.08. The van der Waals surface area contributed by atoms with Crippen LogP contribution in [0, 0.1) is 4.77 Å². The molecule has 0 bridgehead atoms. The first-order valence-electron chi connectivity index (χ1n) is 6.51. The van der Waals surface area contributed by atoms with Crippen molar-refractivity contribution in [2.24, 2.45) is 0 Å². The molecule has 1 unspecified atom stereocenters. The van der Waals surface area contributed by atoms with Crippen molar-refractivity contribution in [1.29, 1.82) is 0 Å². The molecule has 0 saturated carbocycles. The normalized spacial score (nSPS) is 13.3. The third kappa shape index (κ3) is 2.65. The Morgan fingerprint density at radius 1 is 1.39 bits per heavy atom. The molecule has 0 amide bonds. The minimum absolute atomic E-state index is 0.615. The van der Waals surface area contributed by atoms with E-state index in [4.69, 9.17) is 12.2 Å². The Kier molecular flexibility index (Phi) is 4.19. The predicted octanol–water partition coefficient (Wildman–Crippen LogP) is 3.43. The van der Waals surface area contributed by atoms with E-state index in [2.05, 4.69) is 53.5 Å². The summed E-state index contributed by atoms with van der Waals surface area (Å²) in [6.07, 6.45) is 1.18. The number of nitrogens with one attached hydrogen (secondary N) is 1. The van der Waals surface area contributed by atoms with E-state index in [1.807, 2.05) is 6.07 Å². The average molecular weight is 263 g/mol. The maximum atomic E-state index is 5.39. The van der Waals surface area contributed by atoms with Gasteiger partial charge in [-0.25, -0.2) is 0 Å². The summed E-state index contributed by atoms with van der Waals surface area (Å²) in [5.74, 6) is 0. The number of hydrogen-bond acceptors (Lipinski definition) is 2. The maximum Gasteiger partial charge on any atom is 0.178 e. The second-order valence-corrected chi connectivity index (χ2v) is 5.22. The molecule has 1 aromatic carbocycles. The number of rotatable bonds is 5. The standard InChI is InChI=1S/C14H21N3S/c1-4-11(2)16(3)9-10-17-13-8-6-5-7-12(13)15-14(17)18/h5-8,11H,4,9-10H2,1-3H3,(H,15,18). The molecule has 0 aliphatic heterocycles. The smallest absolute Gasteiger partial charge is 0.178 e. The largest absolute Gasteiger partial charge is 0.331 e. The minimum atomic E-state index is 0.615. The Bertz CT molecular complexity index is 570. The number of fused-ring (bicyclic) bond motifs is 1. The van der Waals surface area contributed by atoms with E-state index < -0.39 is 0 Å². The SMILES string of the molecule is CCC(C)N(C)CCn1c(=S)[nH]c2ccccc21. The van der Waals surface area contributed by atoms with Crippen molar-refractivity contribution in [3.8, 4) is 0 Å². The molecule has 1 atom stereocenters. The van der Waals surface area contributed by atoms with E-state index in [0.717, 1.165) is 23.4 Å². The van der Waals surface area contributed by atoms with Crippen LogP contribution >= 0.6 is 12.2 Å². The van der Waals surface area contributed by atoms with Crippen molar-refractivity contribution in [2.75, 3.05) is 13.6 Å². The zero-order chi connectivity index (χ0) is 13.1. The lowest BCUT2D eigenvalue weighted by molar-refractivity contribution is 0.243. The van der Waals surface area contributed by atoms with Gasteiger partial charge in [-0.3, -0.25) is 0 Å². The number of aromatic amines is 1. The van der Waals surface area contributed by atoms with Gasteiger partial charge in [0.25, 0.3) is 0 Å². The van der Waals surface area contributed by atoms with E-state index in [1.165, 1.54) is 11.9 Å². The van der Waals surface area contributed by atoms with Gasteiger partial charge in [-0.2, -0.15) is 0 Å². The van der Waals surface area contributed by atoms with E-state index in [9.17, 15) is 0 Å². The molecule has 0 radical (unpaired) electrons. The van der Waals surface area contributed by atoms with Gasteiger partial charge in [0.2, 0.25) is 0 Å². The molecule has 1 aromatic heterocycles. The highest BCUT2D eigenvalue weighted by atomic mass is 32.1. The number of likely N-dealkylation sites (N-methyl/N-ethyl adjacent to an activating group) is 1. The van der Waals surface area contributed by atoms with E-state index in [0.29, 0.717) is 6.04 Å². The summed E-state index contributed by atoms with van der Waals surface area (Å²) in [7, 11) is 2.17. The molecule has 1 heterocycles. The zero-order valence-corrected chi connectivity index (χ0v) is 12.1. The monoisotopic (exact) mass is 263 g/mol. The van der Waals surface area contributed by atoms with Crippen LogP contribution in [0.15, 0.2) is 24.3 Å². The fourth-order valence-electron chi connectivity index (χ4n) is 2.12. The number of aromatic nitrogens is 2. The van der Waals surface area contributed by atoms with Crippen LogP contribution in [0.3, 0.4) is 0 Å². The van der Waals surface area contributed by atoms with Crippen LogP contribution in [0.25, 0.3) is 11.0 Å². The van der Waals surface area contributed by atoms with Crippen molar-refractivity contribution in [3.63, 3.8) is 0 Å². The third-order valence-corrected chi connectivity index (χ3v) is 4.02. The molecule has 0 spiro atoms. The van der Waals surface area contributed by atoms with Crippen molar-refractivity contribution in [3.05, 3.63) is 29.0 Å². The first-order chi connectivity index (χ1) is 8.63. The van der Waals surface area contributed by atoms with Crippen molar-refractivity contribution in [1.82, 2.24) is 14.5 Å². The molecule has 98 valence electrons. The van der Waals surface area contributed by atoms with Crippen LogP contribution in [-0.4, -0.2) is 34.1 Å². The van der Waals surface area contributed by atoms with Crippen LogP contribution in [0.5, 0.6) is 0 Å². The molecule has 4 heteroatoms. The predicted molar refractivity (Wildman–Crippen MR) is 79.5 cm³/mol. The van der Waals surface area contributed by atoms with Crippen LogP contribution in [0.4, 0.5) is 0 Å². The lowest BCUT2D eigenvalue weighted by atomic mass is 10.2. The van der Waals surface area contributed by atoms with Crippen molar-refractivity contribution >= 4 is 23.3 Å². The molecular formula is C14H21N3S. The summed E-state index contributed by atoms with van der Waals surface area (Å²) in [6, 6.07) is 8.89. The Balaban J connectivity index is 2.17. The summed E-state index contributed by atoms with van der Waals surface area (Å²) in [4.78, 5) is 5.63. The highest BCUT2D eigenvalue weighted by molar-refractivity contribution is 7.71. The van der Waals surface area contributed by atoms with E-state index >= 15 is 0 Å². The lowest BCUT2D eigenvalue weighted by Gasteiger charge is -2.23. The molecular weight excluding hydrogens is 242 g/mol. The van der Waals surface area contributed by atoms with Gasteiger partial charge in [0.05, 0.1) is 11.0 Å². The van der Waals surface area contributed by atoms with Crippen molar-refractivity contribution < 1.29 is 0 Å². The van der Waals surface area contributed by atoms with Gasteiger partial charge in [0, 0.05) is 19.1 Å². The van der Waals surface area contributed by atoms with Gasteiger partial charge in [0.1, 0.15) is 0 Å². The molecule has 0 aliphatic rings. The van der Waals surface area contributed by atoms with Gasteiger partial charge >= 0.3 is 0 Å². The Morgan fingerprint density at radius 2 is 2.11 bits per heavy atom. The van der Waals surface area contributed by atoms with Gasteiger partial charge in [0.15, 0.2) is 4.77 Å². The minimum Gasteiger partial charge on any atom is -0.331 e. The summed E-state index contributed by atoms with van der Waals surface area (Å²) in [5.41, 5.74) is 2.31. The number of para-hydroxylation sites is 2. The number of benzene rings is 1. The van der Waals surface area contributed by atoms with Gasteiger partial charge in [-0.15, -0.1) is 0 Å². The molecule has 18 heavy (non-hydrogen) atoms. The summed E-state index contributed by atoms with van der Waals surface area (Å²) in [6.45, 7) is 6.43. The fourth-order valence-corrected chi connectivity index (χ4v) is 2.42. The maximum absolute atomic E-state index is 5.39. The molecule has 1 N–H and O–H groups in total. The molecule has 3 nitrogen and oxygen atoms in total. The quantitative estimate of drug-likeness (QED) is 0.836. The first kappa shape index (κ1) is 13.3. The van der Waals surface area contributed by atoms with Crippen LogP contribution in [-0.2, 0) is 6.54 Å². The number of nitrogens with zero attached hydrogens (tertiary/aromatic N) is 2. The van der Waals surface area contributed by atoms with Crippen LogP contribution in [0.2, 0.25) is 0 Å². The molecule has 2 rings (SSSR count). The average Bonchev–Trinajstić information content (AvgIpc) is 2.70. The first-order valence-corrected chi connectivity index (χ1v) is 6.92. The summed E-state index contributed by atoms with van der Waals surface area (Å²) >= 11 is 5.39. The summed E-state index contributed by atoms with van der Waals surface area (Å²) in [5, 5.41) is 0. The topological polar surface area (TPSA) is 24.0 Å². The number of hydrogen-bond donors (Lipinski definition) is 1. The van der Waals surface area contributed by atoms with E-state index in [-0.39, 0.29) is 0 Å². The van der Waals surface area contributed by atoms with Gasteiger partial charge in [-0.1, -0.05) is 19.1 Å².